The van der Waals surface area contributed by atoms with E-state index in [0.717, 1.165) is 45.1 Å². The Bertz CT molecular complexity index is 272. The highest BCUT2D eigenvalue weighted by atomic mass is 16.5. The summed E-state index contributed by atoms with van der Waals surface area (Å²) in [5, 5.41) is 14.2. The Morgan fingerprint density at radius 1 is 1.05 bits per heavy atom. The summed E-state index contributed by atoms with van der Waals surface area (Å²) in [5.41, 5.74) is -0.0453. The van der Waals surface area contributed by atoms with Gasteiger partial charge in [-0.05, 0) is 56.8 Å². The monoisotopic (exact) mass is 269 g/mol. The number of hydrogen-bond donors (Lipinski definition) is 2. The van der Waals surface area contributed by atoms with E-state index >= 15 is 0 Å². The summed E-state index contributed by atoms with van der Waals surface area (Å²) in [7, 11) is 1.81. The topological polar surface area (TPSA) is 41.5 Å². The van der Waals surface area contributed by atoms with Crippen LogP contribution in [0.4, 0.5) is 0 Å². The van der Waals surface area contributed by atoms with Crippen molar-refractivity contribution in [1.82, 2.24) is 5.32 Å². The smallest absolute Gasteiger partial charge is 0.0772 e. The fourth-order valence-electron chi connectivity index (χ4n) is 3.41. The third kappa shape index (κ3) is 4.44. The van der Waals surface area contributed by atoms with Gasteiger partial charge in [-0.3, -0.25) is 0 Å². The molecular formula is C16H31NO2. The molecule has 2 aliphatic rings. The Labute approximate surface area is 118 Å². The average molecular weight is 269 g/mol. The van der Waals surface area contributed by atoms with Gasteiger partial charge < -0.3 is 15.2 Å². The number of rotatable bonds is 4. The van der Waals surface area contributed by atoms with E-state index in [2.05, 4.69) is 19.2 Å². The molecule has 0 atom stereocenters. The minimum Gasteiger partial charge on any atom is -0.389 e. The Morgan fingerprint density at radius 2 is 1.63 bits per heavy atom. The van der Waals surface area contributed by atoms with Gasteiger partial charge in [-0.15, -0.1) is 0 Å². The van der Waals surface area contributed by atoms with Crippen LogP contribution in [0.1, 0.15) is 65.2 Å². The fourth-order valence-corrected chi connectivity index (χ4v) is 3.41. The lowest BCUT2D eigenvalue weighted by atomic mass is 9.71. The fraction of sp³-hybridized carbons (Fsp3) is 1.00. The largest absolute Gasteiger partial charge is 0.389 e. The molecule has 0 spiro atoms. The summed E-state index contributed by atoms with van der Waals surface area (Å²) >= 11 is 0. The van der Waals surface area contributed by atoms with Crippen LogP contribution in [0.3, 0.4) is 0 Å². The third-order valence-electron chi connectivity index (χ3n) is 5.26. The molecule has 0 unspecified atom stereocenters. The van der Waals surface area contributed by atoms with Gasteiger partial charge in [-0.1, -0.05) is 13.8 Å². The lowest BCUT2D eigenvalue weighted by Gasteiger charge is -2.41. The van der Waals surface area contributed by atoms with Gasteiger partial charge in [-0.25, -0.2) is 0 Å². The average Bonchev–Trinajstić information content (AvgIpc) is 2.41. The summed E-state index contributed by atoms with van der Waals surface area (Å²) in [6.45, 7) is 5.39. The molecule has 0 aromatic rings. The van der Waals surface area contributed by atoms with Gasteiger partial charge in [0.1, 0.15) is 0 Å². The lowest BCUT2D eigenvalue weighted by molar-refractivity contribution is -0.0281. The van der Waals surface area contributed by atoms with Crippen LogP contribution in [-0.2, 0) is 4.74 Å². The molecule has 19 heavy (non-hydrogen) atoms. The van der Waals surface area contributed by atoms with Crippen molar-refractivity contribution >= 4 is 0 Å². The second-order valence-electron chi connectivity index (χ2n) is 7.48. The van der Waals surface area contributed by atoms with Crippen molar-refractivity contribution in [3.05, 3.63) is 0 Å². The molecule has 3 nitrogen and oxygen atoms in total. The van der Waals surface area contributed by atoms with Crippen LogP contribution < -0.4 is 5.32 Å². The van der Waals surface area contributed by atoms with Crippen molar-refractivity contribution in [2.24, 2.45) is 5.41 Å². The maximum absolute atomic E-state index is 10.6. The molecule has 2 saturated carbocycles. The van der Waals surface area contributed by atoms with Gasteiger partial charge in [-0.2, -0.15) is 0 Å². The maximum atomic E-state index is 10.6. The molecule has 0 aliphatic heterocycles. The second kappa shape index (κ2) is 6.11. The molecule has 112 valence electrons. The number of methoxy groups -OCH3 is 1. The molecule has 3 heteroatoms. The minimum absolute atomic E-state index is 0.419. The van der Waals surface area contributed by atoms with E-state index in [1.165, 1.54) is 12.8 Å². The predicted molar refractivity (Wildman–Crippen MR) is 78.3 cm³/mol. The predicted octanol–water partition coefficient (Wildman–Crippen LogP) is 2.86. The Kier molecular flexibility index (Phi) is 4.91. The SMILES string of the molecule is COC1CCC(NCC2(O)CCC(C)(C)CC2)CC1. The number of hydrogen-bond acceptors (Lipinski definition) is 3. The summed E-state index contributed by atoms with van der Waals surface area (Å²) in [6, 6.07) is 0.574. The molecule has 0 aromatic carbocycles. The lowest BCUT2D eigenvalue weighted by Crippen LogP contribution is -2.48. The van der Waals surface area contributed by atoms with Gasteiger partial charge in [0.25, 0.3) is 0 Å². The highest BCUT2D eigenvalue weighted by molar-refractivity contribution is 4.91. The molecule has 0 saturated heterocycles. The molecule has 2 N–H and O–H groups in total. The first kappa shape index (κ1) is 15.3. The van der Waals surface area contributed by atoms with Crippen LogP contribution in [0.5, 0.6) is 0 Å². The first-order valence-corrected chi connectivity index (χ1v) is 7.91. The first-order valence-electron chi connectivity index (χ1n) is 7.91. The van der Waals surface area contributed by atoms with Crippen LogP contribution in [0, 0.1) is 5.41 Å². The Balaban J connectivity index is 1.71. The molecule has 0 bridgehead atoms. The molecule has 0 aromatic heterocycles. The highest BCUT2D eigenvalue weighted by Gasteiger charge is 2.36. The summed E-state index contributed by atoms with van der Waals surface area (Å²) in [6.07, 6.45) is 9.29. The molecule has 2 rings (SSSR count). The van der Waals surface area contributed by atoms with E-state index in [9.17, 15) is 5.11 Å². The summed E-state index contributed by atoms with van der Waals surface area (Å²) < 4.78 is 5.40. The van der Waals surface area contributed by atoms with E-state index in [4.69, 9.17) is 4.74 Å². The van der Waals surface area contributed by atoms with Crippen LogP contribution in [0.15, 0.2) is 0 Å². The Hall–Kier alpha value is -0.120. The zero-order valence-electron chi connectivity index (χ0n) is 12.9. The van der Waals surface area contributed by atoms with Crippen molar-refractivity contribution in [2.75, 3.05) is 13.7 Å². The molecule has 0 amide bonds. The quantitative estimate of drug-likeness (QED) is 0.824. The van der Waals surface area contributed by atoms with Crippen molar-refractivity contribution in [3.8, 4) is 0 Å². The van der Waals surface area contributed by atoms with E-state index in [0.29, 0.717) is 17.6 Å². The van der Waals surface area contributed by atoms with Crippen molar-refractivity contribution < 1.29 is 9.84 Å². The second-order valence-corrected chi connectivity index (χ2v) is 7.48. The van der Waals surface area contributed by atoms with E-state index in [1.54, 1.807) is 0 Å². The van der Waals surface area contributed by atoms with Gasteiger partial charge in [0.05, 0.1) is 11.7 Å². The van der Waals surface area contributed by atoms with E-state index < -0.39 is 5.60 Å². The van der Waals surface area contributed by atoms with Crippen molar-refractivity contribution in [3.63, 3.8) is 0 Å². The molecule has 2 aliphatic carbocycles. The molecule has 0 radical (unpaired) electrons. The van der Waals surface area contributed by atoms with Gasteiger partial charge in [0.15, 0.2) is 0 Å². The first-order chi connectivity index (χ1) is 8.92. The summed E-state index contributed by atoms with van der Waals surface area (Å²) in [5.74, 6) is 0. The number of nitrogens with one attached hydrogen (secondary N) is 1. The van der Waals surface area contributed by atoms with Crippen molar-refractivity contribution in [2.45, 2.75) is 83.0 Å². The van der Waals surface area contributed by atoms with Gasteiger partial charge in [0, 0.05) is 19.7 Å². The van der Waals surface area contributed by atoms with Crippen molar-refractivity contribution in [1.29, 1.82) is 0 Å². The zero-order chi connectivity index (χ0) is 13.9. The normalized spacial score (nSPS) is 34.1. The van der Waals surface area contributed by atoms with Crippen LogP contribution in [0.25, 0.3) is 0 Å². The van der Waals surface area contributed by atoms with Crippen LogP contribution >= 0.6 is 0 Å². The number of aliphatic hydroxyl groups is 1. The maximum Gasteiger partial charge on any atom is 0.0772 e. The summed E-state index contributed by atoms with van der Waals surface area (Å²) in [4.78, 5) is 0. The van der Waals surface area contributed by atoms with Crippen LogP contribution in [0.2, 0.25) is 0 Å². The van der Waals surface area contributed by atoms with Crippen LogP contribution in [-0.4, -0.2) is 36.5 Å². The minimum atomic E-state index is -0.465. The van der Waals surface area contributed by atoms with E-state index in [-0.39, 0.29) is 0 Å². The van der Waals surface area contributed by atoms with Gasteiger partial charge >= 0.3 is 0 Å². The van der Waals surface area contributed by atoms with E-state index in [1.807, 2.05) is 7.11 Å². The third-order valence-corrected chi connectivity index (χ3v) is 5.26. The molecular weight excluding hydrogens is 238 g/mol. The number of ether oxygens (including phenoxy) is 1. The highest BCUT2D eigenvalue weighted by Crippen LogP contribution is 2.40. The zero-order valence-corrected chi connectivity index (χ0v) is 12.9. The standard InChI is InChI=1S/C16H31NO2/c1-15(2)8-10-16(18,11-9-15)12-17-13-4-6-14(19-3)7-5-13/h13-14,17-18H,4-12H2,1-3H3. The molecule has 2 fully saturated rings. The Morgan fingerprint density at radius 3 is 2.16 bits per heavy atom. The molecule has 0 heterocycles. The van der Waals surface area contributed by atoms with Gasteiger partial charge in [0.2, 0.25) is 0 Å².